The van der Waals surface area contributed by atoms with Gasteiger partial charge in [-0.15, -0.1) is 11.3 Å². The zero-order valence-corrected chi connectivity index (χ0v) is 18.4. The number of halogens is 2. The van der Waals surface area contributed by atoms with E-state index in [1.165, 1.54) is 41.7 Å². The summed E-state index contributed by atoms with van der Waals surface area (Å²) in [6.07, 6.45) is 3.41. The first-order chi connectivity index (χ1) is 14.3. The molecule has 0 spiro atoms. The van der Waals surface area contributed by atoms with Crippen LogP contribution in [-0.2, 0) is 16.4 Å². The molecule has 30 heavy (non-hydrogen) atoms. The Morgan fingerprint density at radius 1 is 0.967 bits per heavy atom. The van der Waals surface area contributed by atoms with Crippen molar-refractivity contribution in [1.82, 2.24) is 10.3 Å². The number of nitrogens with zero attached hydrogens (tertiary/aromatic N) is 1. The van der Waals surface area contributed by atoms with Gasteiger partial charge in [0.1, 0.15) is 0 Å². The van der Waals surface area contributed by atoms with E-state index < -0.39 is 9.84 Å². The minimum atomic E-state index is -3.75. The summed E-state index contributed by atoms with van der Waals surface area (Å²) in [6.45, 7) is 0.272. The van der Waals surface area contributed by atoms with Gasteiger partial charge in [0.15, 0.2) is 0 Å². The summed E-state index contributed by atoms with van der Waals surface area (Å²) in [6, 6.07) is 14.2. The van der Waals surface area contributed by atoms with Gasteiger partial charge in [-0.3, -0.25) is 9.78 Å². The lowest BCUT2D eigenvalue weighted by Crippen LogP contribution is -2.21. The van der Waals surface area contributed by atoms with Crippen LogP contribution >= 0.6 is 34.5 Å². The topological polar surface area (TPSA) is 76.1 Å². The van der Waals surface area contributed by atoms with Crippen LogP contribution in [0.15, 0.2) is 76.8 Å². The Morgan fingerprint density at radius 3 is 2.33 bits per heavy atom. The fourth-order valence-electron chi connectivity index (χ4n) is 2.87. The summed E-state index contributed by atoms with van der Waals surface area (Å²) < 4.78 is 26.5. The van der Waals surface area contributed by atoms with Crippen molar-refractivity contribution in [1.29, 1.82) is 0 Å². The third-order valence-electron chi connectivity index (χ3n) is 4.38. The number of carbonyl (C=O) groups excluding carboxylic acids is 1. The van der Waals surface area contributed by atoms with Gasteiger partial charge < -0.3 is 5.32 Å². The molecule has 2 heterocycles. The number of sulfone groups is 1. The normalized spacial score (nSPS) is 11.5. The second kappa shape index (κ2) is 8.35. The van der Waals surface area contributed by atoms with Gasteiger partial charge in [0, 0.05) is 29.0 Å². The van der Waals surface area contributed by atoms with E-state index in [0.717, 1.165) is 15.6 Å². The van der Waals surface area contributed by atoms with Crippen molar-refractivity contribution >= 4 is 60.4 Å². The Kier molecular flexibility index (Phi) is 5.79. The minimum Gasteiger partial charge on any atom is -0.347 e. The first-order valence-electron chi connectivity index (χ1n) is 8.75. The first-order valence-corrected chi connectivity index (χ1v) is 11.8. The number of amides is 1. The van der Waals surface area contributed by atoms with Crippen LogP contribution in [0.1, 0.15) is 15.2 Å². The van der Waals surface area contributed by atoms with Gasteiger partial charge in [-0.1, -0.05) is 35.3 Å². The van der Waals surface area contributed by atoms with E-state index in [9.17, 15) is 13.2 Å². The summed E-state index contributed by atoms with van der Waals surface area (Å²) in [5.41, 5.74) is 0.772. The predicted octanol–water partition coefficient (Wildman–Crippen LogP) is 5.37. The molecule has 1 amide bonds. The Labute approximate surface area is 187 Å². The molecule has 4 aromatic rings. The lowest BCUT2D eigenvalue weighted by Gasteiger charge is -2.08. The van der Waals surface area contributed by atoms with Crippen molar-refractivity contribution in [2.24, 2.45) is 0 Å². The highest BCUT2D eigenvalue weighted by Crippen LogP contribution is 2.27. The second-order valence-electron chi connectivity index (χ2n) is 6.46. The lowest BCUT2D eigenvalue weighted by molar-refractivity contribution is 0.0955. The highest BCUT2D eigenvalue weighted by Gasteiger charge is 2.19. The van der Waals surface area contributed by atoms with Gasteiger partial charge in [0.25, 0.3) is 5.91 Å². The fraction of sp³-hybridized carbons (Fsp3) is 0.0476. The summed E-state index contributed by atoms with van der Waals surface area (Å²) in [4.78, 5) is 17.2. The molecule has 0 unspecified atom stereocenters. The molecule has 0 saturated heterocycles. The number of fused-ring (bicyclic) bond motifs is 1. The number of carbonyl (C=O) groups is 1. The van der Waals surface area contributed by atoms with Crippen LogP contribution in [0.5, 0.6) is 0 Å². The van der Waals surface area contributed by atoms with Crippen molar-refractivity contribution in [3.05, 3.63) is 87.5 Å². The van der Waals surface area contributed by atoms with E-state index in [0.29, 0.717) is 4.88 Å². The maximum Gasteiger partial charge on any atom is 0.261 e. The Bertz CT molecular complexity index is 1300. The van der Waals surface area contributed by atoms with Crippen LogP contribution in [0, 0.1) is 0 Å². The van der Waals surface area contributed by atoms with Crippen molar-refractivity contribution in [2.75, 3.05) is 0 Å². The van der Waals surface area contributed by atoms with E-state index in [1.807, 2.05) is 12.1 Å². The molecule has 0 fully saturated rings. The fourth-order valence-corrected chi connectivity index (χ4v) is 5.80. The number of hydrogen-bond donors (Lipinski definition) is 1. The zero-order chi connectivity index (χ0) is 21.3. The third kappa shape index (κ3) is 4.34. The van der Waals surface area contributed by atoms with Crippen LogP contribution in [-0.4, -0.2) is 19.3 Å². The van der Waals surface area contributed by atoms with Crippen molar-refractivity contribution in [3.63, 3.8) is 0 Å². The molecule has 0 bridgehead atoms. The third-order valence-corrected chi connectivity index (χ3v) is 7.65. The molecule has 0 aliphatic heterocycles. The van der Waals surface area contributed by atoms with Crippen LogP contribution in [0.3, 0.4) is 0 Å². The van der Waals surface area contributed by atoms with Gasteiger partial charge in [-0.25, -0.2) is 8.42 Å². The summed E-state index contributed by atoms with van der Waals surface area (Å²) in [7, 11) is -3.75. The number of hydrogen-bond acceptors (Lipinski definition) is 5. The molecule has 0 radical (unpaired) electrons. The molecule has 0 aliphatic carbocycles. The quantitative estimate of drug-likeness (QED) is 0.420. The summed E-state index contributed by atoms with van der Waals surface area (Å²) in [5, 5.41) is 4.31. The Hall–Kier alpha value is -2.45. The number of pyridine rings is 1. The van der Waals surface area contributed by atoms with E-state index >= 15 is 0 Å². The van der Waals surface area contributed by atoms with E-state index in [1.54, 1.807) is 24.5 Å². The Morgan fingerprint density at radius 2 is 1.67 bits per heavy atom. The van der Waals surface area contributed by atoms with Gasteiger partial charge in [-0.2, -0.15) is 0 Å². The number of benzene rings is 2. The SMILES string of the molecule is O=C(NCc1ccc(S(=O)(=O)c2cc(Cl)cc(Cl)c2)cc1)c1cc2ccncc2s1. The molecule has 2 aromatic heterocycles. The zero-order valence-electron chi connectivity index (χ0n) is 15.3. The van der Waals surface area contributed by atoms with Gasteiger partial charge in [-0.05, 0) is 53.4 Å². The van der Waals surface area contributed by atoms with Crippen LogP contribution in [0.25, 0.3) is 10.1 Å². The summed E-state index contributed by atoms with van der Waals surface area (Å²) >= 11 is 13.2. The van der Waals surface area contributed by atoms with Crippen LogP contribution in [0.4, 0.5) is 0 Å². The number of nitrogens with one attached hydrogen (secondary N) is 1. The molecule has 0 atom stereocenters. The number of aromatic nitrogens is 1. The van der Waals surface area contributed by atoms with Crippen molar-refractivity contribution < 1.29 is 13.2 Å². The lowest BCUT2D eigenvalue weighted by atomic mass is 10.2. The molecule has 2 aromatic carbocycles. The molecular formula is C21H14Cl2N2O3S2. The highest BCUT2D eigenvalue weighted by molar-refractivity contribution is 7.91. The molecule has 1 N–H and O–H groups in total. The molecular weight excluding hydrogens is 463 g/mol. The van der Waals surface area contributed by atoms with Crippen molar-refractivity contribution in [2.45, 2.75) is 16.3 Å². The van der Waals surface area contributed by atoms with Crippen LogP contribution in [0.2, 0.25) is 10.0 Å². The molecule has 0 saturated carbocycles. The molecule has 0 aliphatic rings. The molecule has 152 valence electrons. The maximum absolute atomic E-state index is 12.8. The molecule has 9 heteroatoms. The monoisotopic (exact) mass is 476 g/mol. The number of thiophene rings is 1. The second-order valence-corrected chi connectivity index (χ2v) is 10.4. The van der Waals surface area contributed by atoms with Crippen LogP contribution < -0.4 is 5.32 Å². The standard InChI is InChI=1S/C21H14Cl2N2O3S2/c22-15-8-16(23)10-18(9-15)30(27,28)17-3-1-13(2-4-17)11-25-21(26)19-7-14-5-6-24-12-20(14)29-19/h1-10,12H,11H2,(H,25,26). The smallest absolute Gasteiger partial charge is 0.261 e. The van der Waals surface area contributed by atoms with E-state index in [2.05, 4.69) is 10.3 Å². The average Bonchev–Trinajstić information content (AvgIpc) is 3.16. The van der Waals surface area contributed by atoms with E-state index in [4.69, 9.17) is 23.2 Å². The van der Waals surface area contributed by atoms with Gasteiger partial charge >= 0.3 is 0 Å². The van der Waals surface area contributed by atoms with Gasteiger partial charge in [0.05, 0.1) is 19.4 Å². The maximum atomic E-state index is 12.8. The average molecular weight is 477 g/mol. The summed E-state index contributed by atoms with van der Waals surface area (Å²) in [5.74, 6) is -0.193. The molecule has 5 nitrogen and oxygen atoms in total. The van der Waals surface area contributed by atoms with Crippen molar-refractivity contribution in [3.8, 4) is 0 Å². The minimum absolute atomic E-state index is 0.0281. The Balaban J connectivity index is 1.47. The number of rotatable bonds is 5. The first kappa shape index (κ1) is 20.8. The van der Waals surface area contributed by atoms with E-state index in [-0.39, 0.29) is 32.3 Å². The largest absolute Gasteiger partial charge is 0.347 e. The highest BCUT2D eigenvalue weighted by atomic mass is 35.5. The predicted molar refractivity (Wildman–Crippen MR) is 119 cm³/mol. The molecule has 4 rings (SSSR count). The van der Waals surface area contributed by atoms with Gasteiger partial charge in [0.2, 0.25) is 9.84 Å².